The fraction of sp³-hybridized carbons (Fsp3) is 0.238. The Labute approximate surface area is 244 Å². The second-order valence-corrected chi connectivity index (χ2v) is 8.97. The van der Waals surface area contributed by atoms with Gasteiger partial charge in [0, 0.05) is 36.0 Å². The van der Waals surface area contributed by atoms with Crippen LogP contribution in [0.15, 0.2) is 61.4 Å². The molecule has 0 unspecified atom stereocenters. The van der Waals surface area contributed by atoms with Gasteiger partial charge in [0.15, 0.2) is 0 Å². The Kier molecular flexibility index (Phi) is 10.7. The maximum Gasteiger partial charge on any atom is 1.00 e. The summed E-state index contributed by atoms with van der Waals surface area (Å²) >= 11 is 0. The van der Waals surface area contributed by atoms with E-state index in [1.165, 1.54) is 44.3 Å². The van der Waals surface area contributed by atoms with E-state index in [0.717, 1.165) is 11.9 Å². The molecule has 4 aromatic heterocycles. The van der Waals surface area contributed by atoms with Crippen LogP contribution in [-0.4, -0.2) is 61.7 Å². The number of aromatic carboxylic acids is 1. The number of carboxylic acid groups (broad SMARTS) is 1. The Morgan fingerprint density at radius 3 is 2.29 bits per heavy atom. The van der Waals surface area contributed by atoms with Crippen molar-refractivity contribution in [2.45, 2.75) is 20.0 Å². The molecule has 0 aliphatic carbocycles. The number of hydrogen-bond donors (Lipinski definition) is 1. The van der Waals surface area contributed by atoms with Gasteiger partial charge in [0.2, 0.25) is 10.0 Å². The van der Waals surface area contributed by atoms with Crippen molar-refractivity contribution >= 4 is 22.0 Å². The summed E-state index contributed by atoms with van der Waals surface area (Å²) in [7, 11) is -3.34. The number of nitrogens with one attached hydrogen (secondary N) is 1. The van der Waals surface area contributed by atoms with Gasteiger partial charge in [-0.1, -0.05) is 0 Å². The molecule has 12 nitrogen and oxygen atoms in total. The molecule has 0 bridgehead atoms. The Hall–Kier alpha value is -2.49. The number of esters is 1. The van der Waals surface area contributed by atoms with E-state index in [1.54, 1.807) is 25.3 Å². The van der Waals surface area contributed by atoms with Crippen LogP contribution in [0.5, 0.6) is 0 Å². The Balaban J connectivity index is 0.000000254. The van der Waals surface area contributed by atoms with Crippen LogP contribution >= 0.6 is 0 Å². The third kappa shape index (κ3) is 8.29. The molecule has 0 atom stereocenters. The van der Waals surface area contributed by atoms with Gasteiger partial charge in [-0.15, -0.1) is 0 Å². The number of aromatic amines is 1. The zero-order chi connectivity index (χ0) is 24.7. The van der Waals surface area contributed by atoms with Crippen molar-refractivity contribution in [1.82, 2.24) is 28.5 Å². The molecule has 180 valence electrons. The van der Waals surface area contributed by atoms with E-state index in [0.29, 0.717) is 24.4 Å². The van der Waals surface area contributed by atoms with E-state index in [1.807, 2.05) is 12.1 Å². The summed E-state index contributed by atoms with van der Waals surface area (Å²) in [5.41, 5.74) is 1.96. The van der Waals surface area contributed by atoms with E-state index < -0.39 is 22.0 Å². The van der Waals surface area contributed by atoms with Gasteiger partial charge in [-0.05, 0) is 31.2 Å². The van der Waals surface area contributed by atoms with E-state index in [9.17, 15) is 23.1 Å². The van der Waals surface area contributed by atoms with Crippen LogP contribution in [0, 0.1) is 0 Å². The van der Waals surface area contributed by atoms with Crippen molar-refractivity contribution < 1.29 is 79.2 Å². The maximum absolute atomic E-state index is 11.6. The molecule has 0 aromatic carbocycles. The van der Waals surface area contributed by atoms with Gasteiger partial charge in [0.05, 0.1) is 55.6 Å². The molecule has 0 aliphatic heterocycles. The minimum atomic E-state index is -3.34. The van der Waals surface area contributed by atoms with Crippen molar-refractivity contribution in [2.24, 2.45) is 0 Å². The minimum Gasteiger partial charge on any atom is -0.545 e. The number of ether oxygens (including phenoxy) is 1. The molecule has 4 rings (SSSR count). The summed E-state index contributed by atoms with van der Waals surface area (Å²) < 4.78 is 32.2. The van der Waals surface area contributed by atoms with Crippen LogP contribution in [0.3, 0.4) is 0 Å². The molecule has 0 fully saturated rings. The fourth-order valence-corrected chi connectivity index (χ4v) is 3.82. The number of carbonyl (C=O) groups excluding carboxylic acids is 2. The summed E-state index contributed by atoms with van der Waals surface area (Å²) in [5, 5.41) is 18.4. The molecule has 1 N–H and O–H groups in total. The summed E-state index contributed by atoms with van der Waals surface area (Å²) in [6, 6.07) is 7.11. The molecule has 0 spiro atoms. The summed E-state index contributed by atoms with van der Waals surface area (Å²) in [6.07, 6.45) is 10.0. The minimum absolute atomic E-state index is 0. The number of carboxylic acids is 1. The second-order valence-electron chi connectivity index (χ2n) is 7.11. The summed E-state index contributed by atoms with van der Waals surface area (Å²) in [6.45, 7) is 2.79. The van der Waals surface area contributed by atoms with Gasteiger partial charge in [0.25, 0.3) is 0 Å². The molecule has 0 amide bonds. The van der Waals surface area contributed by atoms with Crippen molar-refractivity contribution in [1.29, 1.82) is 0 Å². The molecule has 0 radical (unpaired) electrons. The van der Waals surface area contributed by atoms with Crippen LogP contribution in [0.1, 0.15) is 39.0 Å². The van der Waals surface area contributed by atoms with Crippen molar-refractivity contribution in [3.63, 3.8) is 0 Å². The first-order valence-corrected chi connectivity index (χ1v) is 11.9. The van der Waals surface area contributed by atoms with Gasteiger partial charge in [0.1, 0.15) is 0 Å². The van der Waals surface area contributed by atoms with Gasteiger partial charge >= 0.3 is 57.4 Å². The van der Waals surface area contributed by atoms with Crippen molar-refractivity contribution in [3.8, 4) is 0 Å². The van der Waals surface area contributed by atoms with E-state index in [-0.39, 0.29) is 63.5 Å². The topological polar surface area (TPSA) is 157 Å². The second kappa shape index (κ2) is 13.0. The molecule has 35 heavy (non-hydrogen) atoms. The van der Waals surface area contributed by atoms with Crippen LogP contribution < -0.4 is 56.5 Å². The zero-order valence-corrected chi connectivity index (χ0v) is 23.4. The molecule has 0 saturated carbocycles. The molecular weight excluding hydrogens is 503 g/mol. The molecular formula is C21H23KN6O6S. The van der Waals surface area contributed by atoms with Crippen LogP contribution in [0.25, 0.3) is 0 Å². The number of rotatable bonds is 8. The number of nitrogens with zero attached hydrogens (tertiary/aromatic N) is 5. The predicted octanol–water partition coefficient (Wildman–Crippen LogP) is -2.66. The first kappa shape index (κ1) is 28.7. The first-order valence-electron chi connectivity index (χ1n) is 10.1. The van der Waals surface area contributed by atoms with Crippen LogP contribution in [0.2, 0.25) is 0 Å². The predicted molar refractivity (Wildman–Crippen MR) is 118 cm³/mol. The molecule has 14 heteroatoms. The SMILES string of the molecule is CCOC(=O)c1cnn(Cc2cccn2S(C)(=O)=O)c1.O=C([O-])c1cnn(Cc2ccc[nH]2)c1.[K+]. The maximum atomic E-state index is 11.6. The normalized spacial score (nSPS) is 10.7. The fourth-order valence-electron chi connectivity index (χ4n) is 2.98. The van der Waals surface area contributed by atoms with Crippen LogP contribution in [-0.2, 0) is 27.8 Å². The summed E-state index contributed by atoms with van der Waals surface area (Å²) in [4.78, 5) is 25.0. The van der Waals surface area contributed by atoms with E-state index in [2.05, 4.69) is 15.2 Å². The molecule has 0 aliphatic rings. The monoisotopic (exact) mass is 526 g/mol. The third-order valence-electron chi connectivity index (χ3n) is 4.48. The quantitative estimate of drug-likeness (QED) is 0.193. The number of aromatic nitrogens is 6. The average Bonchev–Trinajstić information content (AvgIpc) is 3.57. The zero-order valence-electron chi connectivity index (χ0n) is 19.5. The first-order chi connectivity index (χ1) is 16.2. The Bertz CT molecular complexity index is 1360. The van der Waals surface area contributed by atoms with Gasteiger partial charge in [-0.2, -0.15) is 10.2 Å². The van der Waals surface area contributed by atoms with Crippen LogP contribution in [0.4, 0.5) is 0 Å². The standard InChI is InChI=1S/C12H15N3O4S.C9H9N3O2.K/c1-3-19-12(16)10-7-13-14(8-10)9-11-5-4-6-15(11)20(2,17)18;13-9(14)7-4-11-12(5-7)6-8-2-1-3-10-8;/h4-8H,3,9H2,1-2H3;1-5,10H,6H2,(H,13,14);/q;;+1/p-1. The van der Waals surface area contributed by atoms with E-state index in [4.69, 9.17) is 4.74 Å². The number of H-pyrrole nitrogens is 1. The molecule has 0 saturated heterocycles. The summed E-state index contributed by atoms with van der Waals surface area (Å²) in [5.74, 6) is -1.65. The molecule has 4 aromatic rings. The van der Waals surface area contributed by atoms with Crippen molar-refractivity contribution in [2.75, 3.05) is 12.9 Å². The smallest absolute Gasteiger partial charge is 0.545 e. The number of carbonyl (C=O) groups is 2. The Morgan fingerprint density at radius 2 is 1.71 bits per heavy atom. The average molecular weight is 527 g/mol. The third-order valence-corrected chi connectivity index (χ3v) is 5.55. The van der Waals surface area contributed by atoms with E-state index >= 15 is 0 Å². The molecule has 4 heterocycles. The van der Waals surface area contributed by atoms with Crippen molar-refractivity contribution in [3.05, 3.63) is 84.0 Å². The van der Waals surface area contributed by atoms with Gasteiger partial charge < -0.3 is 19.6 Å². The Morgan fingerprint density at radius 1 is 1.06 bits per heavy atom. The van der Waals surface area contributed by atoms with Gasteiger partial charge in [-0.3, -0.25) is 9.36 Å². The van der Waals surface area contributed by atoms with Gasteiger partial charge in [-0.25, -0.2) is 17.2 Å². The largest absolute Gasteiger partial charge is 1.00 e. The number of hydrogen-bond acceptors (Lipinski definition) is 8.